The van der Waals surface area contributed by atoms with Crippen LogP contribution >= 0.6 is 0 Å². The maximum Gasteiger partial charge on any atom is 0.255 e. The van der Waals surface area contributed by atoms with E-state index in [1.165, 1.54) is 0 Å². The predicted octanol–water partition coefficient (Wildman–Crippen LogP) is 2.43. The van der Waals surface area contributed by atoms with Crippen LogP contribution in [0.15, 0.2) is 27.3 Å². The van der Waals surface area contributed by atoms with Crippen LogP contribution in [-0.4, -0.2) is 16.7 Å². The van der Waals surface area contributed by atoms with Crippen LogP contribution in [0.5, 0.6) is 0 Å². The fourth-order valence-corrected chi connectivity index (χ4v) is 1.23. The van der Waals surface area contributed by atoms with Gasteiger partial charge >= 0.3 is 0 Å². The van der Waals surface area contributed by atoms with Gasteiger partial charge in [-0.25, -0.2) is 0 Å². The number of rotatable bonds is 4. The van der Waals surface area contributed by atoms with Crippen molar-refractivity contribution in [1.82, 2.24) is 10.1 Å². The Morgan fingerprint density at radius 2 is 2.40 bits per heavy atom. The molecule has 0 bridgehead atoms. The number of aromatic nitrogens is 2. The maximum absolute atomic E-state index is 5.33. The molecule has 15 heavy (non-hydrogen) atoms. The third-order valence-electron chi connectivity index (χ3n) is 1.95. The number of hydrogen-bond donors (Lipinski definition) is 0. The summed E-state index contributed by atoms with van der Waals surface area (Å²) < 4.78 is 15.5. The van der Waals surface area contributed by atoms with Gasteiger partial charge in [-0.3, -0.25) is 0 Å². The van der Waals surface area contributed by atoms with Crippen molar-refractivity contribution < 1.29 is 13.7 Å². The van der Waals surface area contributed by atoms with E-state index in [0.717, 1.165) is 0 Å². The molecule has 0 fully saturated rings. The molecule has 2 heterocycles. The standard InChI is InChI=1S/C10H12N2O3/c1-3-13-7(2)10-11-9(12-15-10)8-5-4-6-14-8/h4-7H,3H2,1-2H3. The molecule has 1 atom stereocenters. The quantitative estimate of drug-likeness (QED) is 0.772. The molecule has 0 spiro atoms. The number of furan rings is 1. The van der Waals surface area contributed by atoms with E-state index in [1.807, 2.05) is 13.8 Å². The zero-order valence-electron chi connectivity index (χ0n) is 8.64. The zero-order chi connectivity index (χ0) is 10.7. The van der Waals surface area contributed by atoms with Crippen molar-refractivity contribution in [3.05, 3.63) is 24.3 Å². The van der Waals surface area contributed by atoms with Crippen LogP contribution < -0.4 is 0 Å². The maximum atomic E-state index is 5.33. The van der Waals surface area contributed by atoms with Crippen molar-refractivity contribution in [2.24, 2.45) is 0 Å². The minimum absolute atomic E-state index is 0.189. The van der Waals surface area contributed by atoms with Crippen LogP contribution in [0, 0.1) is 0 Å². The van der Waals surface area contributed by atoms with E-state index in [1.54, 1.807) is 18.4 Å². The van der Waals surface area contributed by atoms with E-state index in [4.69, 9.17) is 13.7 Å². The van der Waals surface area contributed by atoms with E-state index in [9.17, 15) is 0 Å². The Balaban J connectivity index is 2.17. The molecule has 0 amide bonds. The first kappa shape index (κ1) is 9.92. The lowest BCUT2D eigenvalue weighted by Crippen LogP contribution is -1.99. The van der Waals surface area contributed by atoms with E-state index < -0.39 is 0 Å². The second kappa shape index (κ2) is 4.27. The van der Waals surface area contributed by atoms with Gasteiger partial charge in [0.25, 0.3) is 5.89 Å². The normalized spacial score (nSPS) is 12.9. The molecule has 2 aromatic rings. The Morgan fingerprint density at radius 3 is 3.07 bits per heavy atom. The smallest absolute Gasteiger partial charge is 0.255 e. The van der Waals surface area contributed by atoms with Gasteiger partial charge < -0.3 is 13.7 Å². The predicted molar refractivity (Wildman–Crippen MR) is 52.0 cm³/mol. The number of hydrogen-bond acceptors (Lipinski definition) is 5. The minimum atomic E-state index is -0.189. The highest BCUT2D eigenvalue weighted by atomic mass is 16.5. The molecule has 5 heteroatoms. The molecular formula is C10H12N2O3. The molecule has 2 aromatic heterocycles. The average molecular weight is 208 g/mol. The van der Waals surface area contributed by atoms with Crippen molar-refractivity contribution in [2.75, 3.05) is 6.61 Å². The summed E-state index contributed by atoms with van der Waals surface area (Å²) in [5.41, 5.74) is 0. The molecule has 0 aliphatic heterocycles. The highest BCUT2D eigenvalue weighted by molar-refractivity contribution is 5.44. The summed E-state index contributed by atoms with van der Waals surface area (Å²) in [4.78, 5) is 4.17. The Kier molecular flexibility index (Phi) is 2.82. The molecule has 0 radical (unpaired) electrons. The van der Waals surface area contributed by atoms with Crippen molar-refractivity contribution in [2.45, 2.75) is 20.0 Å². The minimum Gasteiger partial charge on any atom is -0.461 e. The van der Waals surface area contributed by atoms with Crippen LogP contribution in [0.1, 0.15) is 25.8 Å². The Morgan fingerprint density at radius 1 is 1.53 bits per heavy atom. The molecular weight excluding hydrogens is 196 g/mol. The third kappa shape index (κ3) is 2.07. The first-order valence-electron chi connectivity index (χ1n) is 4.80. The second-order valence-corrected chi connectivity index (χ2v) is 3.03. The Bertz CT molecular complexity index is 408. The summed E-state index contributed by atoms with van der Waals surface area (Å²) in [5, 5.41) is 3.80. The van der Waals surface area contributed by atoms with Gasteiger partial charge in [-0.2, -0.15) is 4.98 Å². The highest BCUT2D eigenvalue weighted by Crippen LogP contribution is 2.20. The van der Waals surface area contributed by atoms with Gasteiger partial charge in [-0.05, 0) is 26.0 Å². The molecule has 5 nitrogen and oxygen atoms in total. The van der Waals surface area contributed by atoms with Gasteiger partial charge in [0, 0.05) is 6.61 Å². The number of nitrogens with zero attached hydrogens (tertiary/aromatic N) is 2. The fraction of sp³-hybridized carbons (Fsp3) is 0.400. The summed E-state index contributed by atoms with van der Waals surface area (Å²) in [6.45, 7) is 4.39. The van der Waals surface area contributed by atoms with Gasteiger partial charge in [0.15, 0.2) is 5.76 Å². The number of ether oxygens (including phenoxy) is 1. The summed E-state index contributed by atoms with van der Waals surface area (Å²) >= 11 is 0. The molecule has 2 rings (SSSR count). The van der Waals surface area contributed by atoms with Crippen molar-refractivity contribution in [3.63, 3.8) is 0 Å². The van der Waals surface area contributed by atoms with Crippen LogP contribution in [0.2, 0.25) is 0 Å². The van der Waals surface area contributed by atoms with Crippen LogP contribution in [0.4, 0.5) is 0 Å². The fourth-order valence-electron chi connectivity index (χ4n) is 1.23. The molecule has 0 saturated heterocycles. The van der Waals surface area contributed by atoms with Gasteiger partial charge in [0.2, 0.25) is 5.82 Å². The van der Waals surface area contributed by atoms with Gasteiger partial charge in [0.1, 0.15) is 6.10 Å². The van der Waals surface area contributed by atoms with E-state index in [0.29, 0.717) is 24.1 Å². The van der Waals surface area contributed by atoms with E-state index in [-0.39, 0.29) is 6.10 Å². The van der Waals surface area contributed by atoms with Crippen LogP contribution in [0.3, 0.4) is 0 Å². The van der Waals surface area contributed by atoms with E-state index >= 15 is 0 Å². The Labute approximate surface area is 87.0 Å². The lowest BCUT2D eigenvalue weighted by molar-refractivity contribution is 0.0519. The lowest BCUT2D eigenvalue weighted by Gasteiger charge is -2.04. The second-order valence-electron chi connectivity index (χ2n) is 3.03. The first-order valence-corrected chi connectivity index (χ1v) is 4.80. The van der Waals surface area contributed by atoms with Crippen molar-refractivity contribution >= 4 is 0 Å². The summed E-state index contributed by atoms with van der Waals surface area (Å²) in [5.74, 6) is 1.50. The van der Waals surface area contributed by atoms with E-state index in [2.05, 4.69) is 10.1 Å². The third-order valence-corrected chi connectivity index (χ3v) is 1.95. The molecule has 0 aromatic carbocycles. The molecule has 0 N–H and O–H groups in total. The summed E-state index contributed by atoms with van der Waals surface area (Å²) in [6.07, 6.45) is 1.38. The molecule has 0 saturated carbocycles. The zero-order valence-corrected chi connectivity index (χ0v) is 8.64. The molecule has 80 valence electrons. The molecule has 0 aliphatic rings. The largest absolute Gasteiger partial charge is 0.461 e. The van der Waals surface area contributed by atoms with Crippen LogP contribution in [-0.2, 0) is 4.74 Å². The van der Waals surface area contributed by atoms with Crippen molar-refractivity contribution in [1.29, 1.82) is 0 Å². The summed E-state index contributed by atoms with van der Waals surface area (Å²) in [7, 11) is 0. The highest BCUT2D eigenvalue weighted by Gasteiger charge is 2.16. The molecule has 0 aliphatic carbocycles. The lowest BCUT2D eigenvalue weighted by atomic mass is 10.4. The topological polar surface area (TPSA) is 61.3 Å². The Hall–Kier alpha value is -1.62. The molecule has 1 unspecified atom stereocenters. The van der Waals surface area contributed by atoms with Crippen LogP contribution in [0.25, 0.3) is 11.6 Å². The van der Waals surface area contributed by atoms with Crippen molar-refractivity contribution in [3.8, 4) is 11.6 Å². The van der Waals surface area contributed by atoms with Gasteiger partial charge in [0.05, 0.1) is 6.26 Å². The monoisotopic (exact) mass is 208 g/mol. The SMILES string of the molecule is CCOC(C)c1nc(-c2ccco2)no1. The average Bonchev–Trinajstić information content (AvgIpc) is 2.89. The summed E-state index contributed by atoms with van der Waals surface area (Å²) in [6, 6.07) is 3.55. The first-order chi connectivity index (χ1) is 7.31. The van der Waals surface area contributed by atoms with Gasteiger partial charge in [-0.15, -0.1) is 0 Å². The van der Waals surface area contributed by atoms with Gasteiger partial charge in [-0.1, -0.05) is 5.16 Å².